The maximum Gasteiger partial charge on any atom is 0.333 e. The number of halogens is 2. The van der Waals surface area contributed by atoms with Gasteiger partial charge >= 0.3 is 5.97 Å². The Kier molecular flexibility index (Phi) is 27.3. The van der Waals surface area contributed by atoms with E-state index in [1.165, 1.54) is 96.3 Å². The molecule has 0 aromatic heterocycles. The van der Waals surface area contributed by atoms with E-state index in [0.29, 0.717) is 12.2 Å². The van der Waals surface area contributed by atoms with Crippen LogP contribution < -0.4 is 23.1 Å². The van der Waals surface area contributed by atoms with Gasteiger partial charge in [-0.15, -0.1) is 17.0 Å². The summed E-state index contributed by atoms with van der Waals surface area (Å²) in [5, 5.41) is 0. The van der Waals surface area contributed by atoms with Crippen molar-refractivity contribution in [2.75, 3.05) is 33.8 Å². The molecule has 0 saturated carbocycles. The number of hydrogen-bond donors (Lipinski definition) is 1. The molecule has 0 radical (unpaired) electrons. The van der Waals surface area contributed by atoms with Gasteiger partial charge in [-0.2, -0.15) is 0 Å². The highest BCUT2D eigenvalue weighted by Gasteiger charge is 2.34. The van der Waals surface area contributed by atoms with Crippen molar-refractivity contribution >= 4 is 23.0 Å². The fraction of sp³-hybridized carbons (Fsp3) is 0.774. The van der Waals surface area contributed by atoms with Gasteiger partial charge in [0.2, 0.25) is 0 Å². The van der Waals surface area contributed by atoms with Crippen LogP contribution in [0.1, 0.15) is 117 Å². The molecule has 0 heterocycles. The van der Waals surface area contributed by atoms with Gasteiger partial charge in [0.15, 0.2) is 0 Å². The van der Waals surface area contributed by atoms with Crippen LogP contribution in [0.2, 0.25) is 0 Å². The summed E-state index contributed by atoms with van der Waals surface area (Å²) in [4.78, 5) is 11.7. The van der Waals surface area contributed by atoms with E-state index in [9.17, 15) is 4.79 Å². The number of quaternary nitrogens is 1. The lowest BCUT2D eigenvalue weighted by atomic mass is 9.76. The van der Waals surface area contributed by atoms with E-state index in [1.807, 2.05) is 0 Å². The van der Waals surface area contributed by atoms with E-state index in [2.05, 4.69) is 51.9 Å². The molecule has 0 fully saturated rings. The molecule has 3 N–H and O–H groups in total. The standard InChI is InChI=1S/C31H56NO2.2BrH.H3N/c1-6-7-8-9-10-11-12-13-14-15-16-17-18-20-23-31(24-21-19-22-25-31)28-32(4,5)26-27-34-30(33)29(2)3;;;/h19,21-22,24H,2,6-18,20,23,25-28H2,1,3-5H3;2*1H;1H3/q+1;;;/p-1. The molecular formula is C31H60Br2N2O2. The van der Waals surface area contributed by atoms with Crippen LogP contribution in [0.3, 0.4) is 0 Å². The number of unbranched alkanes of at least 4 members (excludes halogenated alkanes) is 13. The van der Waals surface area contributed by atoms with Gasteiger partial charge < -0.3 is 32.4 Å². The van der Waals surface area contributed by atoms with Crippen LogP contribution in [0.25, 0.3) is 0 Å². The van der Waals surface area contributed by atoms with Gasteiger partial charge in [-0.3, -0.25) is 0 Å². The summed E-state index contributed by atoms with van der Waals surface area (Å²) in [5.41, 5.74) is 0.702. The van der Waals surface area contributed by atoms with Gasteiger partial charge in [0.25, 0.3) is 0 Å². The molecule has 0 aromatic carbocycles. The average molecular weight is 653 g/mol. The Morgan fingerprint density at radius 1 is 0.892 bits per heavy atom. The van der Waals surface area contributed by atoms with Crippen molar-refractivity contribution in [2.45, 2.75) is 117 Å². The van der Waals surface area contributed by atoms with Crippen molar-refractivity contribution in [2.24, 2.45) is 5.41 Å². The third-order valence-corrected chi connectivity index (χ3v) is 7.27. The SMILES string of the molecule is Br.C=C(C)C(=O)OCC[N+](C)(C)CC1(CCCCCCCCCCCCCCCC)C=CC=CC1.N.[Br-]. The van der Waals surface area contributed by atoms with Gasteiger partial charge in [-0.25, -0.2) is 4.79 Å². The zero-order chi connectivity index (χ0) is 25.1. The third-order valence-electron chi connectivity index (χ3n) is 7.27. The summed E-state index contributed by atoms with van der Waals surface area (Å²) < 4.78 is 6.22. The molecule has 0 saturated heterocycles. The fourth-order valence-electron chi connectivity index (χ4n) is 5.20. The van der Waals surface area contributed by atoms with E-state index in [-0.39, 0.29) is 51.5 Å². The third kappa shape index (κ3) is 21.1. The summed E-state index contributed by atoms with van der Waals surface area (Å²) in [7, 11) is 4.52. The Balaban J connectivity index is -0.00000385. The van der Waals surface area contributed by atoms with Crippen LogP contribution in [-0.2, 0) is 9.53 Å². The van der Waals surface area contributed by atoms with Crippen LogP contribution in [0.4, 0.5) is 0 Å². The smallest absolute Gasteiger partial charge is 0.333 e. The molecule has 1 aliphatic carbocycles. The summed E-state index contributed by atoms with van der Waals surface area (Å²) in [6, 6.07) is 0. The normalized spacial score (nSPS) is 16.3. The minimum atomic E-state index is -0.280. The minimum Gasteiger partial charge on any atom is -1.00 e. The van der Waals surface area contributed by atoms with E-state index < -0.39 is 0 Å². The molecule has 0 amide bonds. The molecular weight excluding hydrogens is 592 g/mol. The number of esters is 1. The Morgan fingerprint density at radius 2 is 1.38 bits per heavy atom. The van der Waals surface area contributed by atoms with Crippen LogP contribution in [-0.4, -0.2) is 44.2 Å². The van der Waals surface area contributed by atoms with Crippen molar-refractivity contribution in [1.29, 1.82) is 0 Å². The molecule has 1 aliphatic rings. The first-order valence-corrected chi connectivity index (χ1v) is 14.3. The average Bonchev–Trinajstić information content (AvgIpc) is 2.79. The largest absolute Gasteiger partial charge is 1.00 e. The van der Waals surface area contributed by atoms with Gasteiger partial charge in [-0.1, -0.05) is 128 Å². The fourth-order valence-corrected chi connectivity index (χ4v) is 5.20. The second-order valence-corrected chi connectivity index (χ2v) is 11.4. The number of hydrogen-bond acceptors (Lipinski definition) is 3. The van der Waals surface area contributed by atoms with Crippen LogP contribution in [0.5, 0.6) is 0 Å². The molecule has 1 unspecified atom stereocenters. The molecule has 0 aliphatic heterocycles. The minimum absolute atomic E-state index is 0. The Morgan fingerprint density at radius 3 is 1.81 bits per heavy atom. The molecule has 6 heteroatoms. The maximum atomic E-state index is 11.7. The quantitative estimate of drug-likeness (QED) is 0.0686. The molecule has 0 aromatic rings. The molecule has 37 heavy (non-hydrogen) atoms. The van der Waals surface area contributed by atoms with E-state index in [0.717, 1.165) is 24.0 Å². The van der Waals surface area contributed by atoms with Gasteiger partial charge in [0, 0.05) is 11.0 Å². The topological polar surface area (TPSA) is 61.3 Å². The van der Waals surface area contributed by atoms with Gasteiger partial charge in [0.1, 0.15) is 13.2 Å². The highest BCUT2D eigenvalue weighted by Crippen LogP contribution is 2.36. The van der Waals surface area contributed by atoms with Gasteiger partial charge in [0.05, 0.1) is 20.6 Å². The van der Waals surface area contributed by atoms with Crippen molar-refractivity contribution in [3.63, 3.8) is 0 Å². The van der Waals surface area contributed by atoms with Gasteiger partial charge in [-0.05, 0) is 19.8 Å². The lowest BCUT2D eigenvalue weighted by Gasteiger charge is -2.40. The first-order valence-electron chi connectivity index (χ1n) is 14.3. The van der Waals surface area contributed by atoms with Crippen LogP contribution >= 0.6 is 17.0 Å². The van der Waals surface area contributed by atoms with Crippen molar-refractivity contribution < 1.29 is 31.0 Å². The number of carbonyl (C=O) groups excluding carboxylic acids is 1. The second-order valence-electron chi connectivity index (χ2n) is 11.4. The Hall–Kier alpha value is -0.430. The zero-order valence-electron chi connectivity index (χ0n) is 24.7. The van der Waals surface area contributed by atoms with Crippen molar-refractivity contribution in [3.8, 4) is 0 Å². The van der Waals surface area contributed by atoms with Crippen molar-refractivity contribution in [1.82, 2.24) is 6.15 Å². The predicted octanol–water partition coefficient (Wildman–Crippen LogP) is 6.30. The number of nitrogens with zero attached hydrogens (tertiary/aromatic N) is 1. The Bertz CT molecular complexity index is 635. The molecule has 4 nitrogen and oxygen atoms in total. The Labute approximate surface area is 251 Å². The second kappa shape index (κ2) is 24.6. The summed E-state index contributed by atoms with van der Waals surface area (Å²) in [6.07, 6.45) is 31.2. The molecule has 220 valence electrons. The highest BCUT2D eigenvalue weighted by atomic mass is 79.9. The van der Waals surface area contributed by atoms with Crippen LogP contribution in [0.15, 0.2) is 36.5 Å². The van der Waals surface area contributed by atoms with Crippen molar-refractivity contribution in [3.05, 3.63) is 36.5 Å². The molecule has 1 rings (SSSR count). The zero-order valence-corrected chi connectivity index (χ0v) is 28.0. The summed E-state index contributed by atoms with van der Waals surface area (Å²) in [6.45, 7) is 10.0. The number of ether oxygens (including phenoxy) is 1. The number of allylic oxidation sites excluding steroid dienone is 3. The lowest BCUT2D eigenvalue weighted by molar-refractivity contribution is -0.896. The van der Waals surface area contributed by atoms with E-state index in [4.69, 9.17) is 4.74 Å². The summed E-state index contributed by atoms with van der Waals surface area (Å²) in [5.74, 6) is -0.280. The number of rotatable bonds is 21. The number of carbonyl (C=O) groups is 1. The monoisotopic (exact) mass is 650 g/mol. The highest BCUT2D eigenvalue weighted by molar-refractivity contribution is 8.93. The molecule has 1 atom stereocenters. The van der Waals surface area contributed by atoms with E-state index >= 15 is 0 Å². The molecule has 0 bridgehead atoms. The predicted molar refractivity (Wildman–Crippen MR) is 163 cm³/mol. The first-order chi connectivity index (χ1) is 16.3. The molecule has 0 spiro atoms. The maximum absolute atomic E-state index is 11.7. The number of likely N-dealkylation sites (N-methyl/N-ethyl adjacent to an activating group) is 1. The summed E-state index contributed by atoms with van der Waals surface area (Å²) >= 11 is 0. The van der Waals surface area contributed by atoms with Crippen LogP contribution in [0, 0.1) is 5.41 Å². The first kappa shape index (κ1) is 41.1. The lowest BCUT2D eigenvalue weighted by Crippen LogP contribution is -3.00. The van der Waals surface area contributed by atoms with E-state index in [1.54, 1.807) is 6.92 Å².